The molecule has 2 heterocycles. The summed E-state index contributed by atoms with van der Waals surface area (Å²) in [5, 5.41) is 0. The summed E-state index contributed by atoms with van der Waals surface area (Å²) in [6.07, 6.45) is 8.24. The number of piperidine rings is 1. The second-order valence-corrected chi connectivity index (χ2v) is 7.85. The van der Waals surface area contributed by atoms with Gasteiger partial charge in [0, 0.05) is 36.8 Å². The first-order valence-electron chi connectivity index (χ1n) is 10.6. The van der Waals surface area contributed by atoms with Crippen molar-refractivity contribution in [3.8, 4) is 0 Å². The van der Waals surface area contributed by atoms with Crippen LogP contribution in [-0.4, -0.2) is 35.8 Å². The quantitative estimate of drug-likeness (QED) is 0.762. The number of likely N-dealkylation sites (tertiary alicyclic amines) is 1. The zero-order valence-corrected chi connectivity index (χ0v) is 17.0. The molecule has 29 heavy (non-hydrogen) atoms. The number of allylic oxidation sites excluding steroid dienone is 1. The van der Waals surface area contributed by atoms with Crippen molar-refractivity contribution >= 4 is 23.6 Å². The van der Waals surface area contributed by atoms with E-state index in [1.54, 1.807) is 0 Å². The first kappa shape index (κ1) is 19.4. The molecule has 2 aliphatic heterocycles. The van der Waals surface area contributed by atoms with Gasteiger partial charge in [-0.1, -0.05) is 49.4 Å². The predicted octanol–water partition coefficient (Wildman–Crippen LogP) is 4.69. The van der Waals surface area contributed by atoms with Crippen LogP contribution in [0, 0.1) is 0 Å². The van der Waals surface area contributed by atoms with E-state index in [0.29, 0.717) is 19.5 Å². The number of hydrogen-bond donors (Lipinski definition) is 0. The van der Waals surface area contributed by atoms with E-state index in [-0.39, 0.29) is 17.9 Å². The fraction of sp³-hybridized carbons (Fsp3) is 0.360. The molecule has 150 valence electrons. The lowest BCUT2D eigenvalue weighted by atomic mass is 9.95. The Morgan fingerprint density at radius 1 is 1.03 bits per heavy atom. The Bertz CT molecular complexity index is 909. The maximum Gasteiger partial charge on any atom is 0.253 e. The van der Waals surface area contributed by atoms with E-state index in [2.05, 4.69) is 31.2 Å². The van der Waals surface area contributed by atoms with Gasteiger partial charge >= 0.3 is 0 Å². The molecule has 4 heteroatoms. The van der Waals surface area contributed by atoms with Gasteiger partial charge in [0.25, 0.3) is 5.91 Å². The van der Waals surface area contributed by atoms with E-state index < -0.39 is 0 Å². The van der Waals surface area contributed by atoms with Crippen LogP contribution in [0.4, 0.5) is 5.69 Å². The van der Waals surface area contributed by atoms with E-state index >= 15 is 0 Å². The third kappa shape index (κ3) is 4.12. The van der Waals surface area contributed by atoms with Crippen LogP contribution < -0.4 is 4.90 Å². The number of anilines is 1. The van der Waals surface area contributed by atoms with Crippen LogP contribution in [-0.2, 0) is 11.2 Å². The summed E-state index contributed by atoms with van der Waals surface area (Å²) in [5.41, 5.74) is 4.16. The maximum absolute atomic E-state index is 12.9. The van der Waals surface area contributed by atoms with Crippen molar-refractivity contribution in [2.45, 2.75) is 45.1 Å². The van der Waals surface area contributed by atoms with Crippen molar-refractivity contribution in [3.63, 3.8) is 0 Å². The smallest absolute Gasteiger partial charge is 0.253 e. The lowest BCUT2D eigenvalue weighted by Gasteiger charge is -2.41. The molecule has 4 rings (SSSR count). The number of hydrogen-bond acceptors (Lipinski definition) is 2. The molecule has 0 saturated carbocycles. The molecular weight excluding hydrogens is 360 g/mol. The van der Waals surface area contributed by atoms with Gasteiger partial charge in [-0.05, 0) is 55.0 Å². The number of carbonyl (C=O) groups is 2. The van der Waals surface area contributed by atoms with Crippen LogP contribution in [0.3, 0.4) is 0 Å². The van der Waals surface area contributed by atoms with Crippen LogP contribution >= 0.6 is 0 Å². The van der Waals surface area contributed by atoms with Crippen molar-refractivity contribution in [3.05, 3.63) is 71.3 Å². The number of amides is 2. The molecule has 4 nitrogen and oxygen atoms in total. The third-order valence-corrected chi connectivity index (χ3v) is 5.95. The number of fused-ring (bicyclic) bond motifs is 1. The largest absolute Gasteiger partial charge is 0.338 e. The van der Waals surface area contributed by atoms with Gasteiger partial charge in [0.15, 0.2) is 0 Å². The van der Waals surface area contributed by atoms with E-state index in [4.69, 9.17) is 0 Å². The predicted molar refractivity (Wildman–Crippen MR) is 117 cm³/mol. The molecule has 0 atom stereocenters. The van der Waals surface area contributed by atoms with Crippen LogP contribution in [0.5, 0.6) is 0 Å². The molecule has 0 spiro atoms. The fourth-order valence-electron chi connectivity index (χ4n) is 4.35. The molecule has 0 radical (unpaired) electrons. The Morgan fingerprint density at radius 2 is 1.76 bits per heavy atom. The number of para-hydroxylation sites is 1. The van der Waals surface area contributed by atoms with Gasteiger partial charge in [0.2, 0.25) is 5.91 Å². The zero-order valence-electron chi connectivity index (χ0n) is 17.0. The number of benzene rings is 2. The van der Waals surface area contributed by atoms with Gasteiger partial charge < -0.3 is 9.80 Å². The molecule has 0 aliphatic carbocycles. The molecule has 2 aliphatic rings. The first-order chi connectivity index (χ1) is 14.2. The van der Waals surface area contributed by atoms with Crippen LogP contribution in [0.25, 0.3) is 6.08 Å². The molecule has 0 bridgehead atoms. The molecule has 0 unspecified atom stereocenters. The van der Waals surface area contributed by atoms with E-state index in [1.165, 1.54) is 5.56 Å². The van der Waals surface area contributed by atoms with Crippen molar-refractivity contribution in [2.24, 2.45) is 0 Å². The lowest BCUT2D eigenvalue weighted by molar-refractivity contribution is -0.119. The Labute approximate surface area is 172 Å². The number of aryl methyl sites for hydroxylation is 1. The average molecular weight is 389 g/mol. The van der Waals surface area contributed by atoms with Crippen LogP contribution in [0.15, 0.2) is 54.6 Å². The second-order valence-electron chi connectivity index (χ2n) is 7.85. The summed E-state index contributed by atoms with van der Waals surface area (Å²) in [7, 11) is 0. The van der Waals surface area contributed by atoms with Gasteiger partial charge in [0.1, 0.15) is 0 Å². The highest BCUT2D eigenvalue weighted by Gasteiger charge is 2.33. The van der Waals surface area contributed by atoms with Gasteiger partial charge in [0.05, 0.1) is 0 Å². The number of carbonyl (C=O) groups excluding carboxylic acids is 2. The van der Waals surface area contributed by atoms with Crippen molar-refractivity contribution < 1.29 is 9.59 Å². The Morgan fingerprint density at radius 3 is 2.48 bits per heavy atom. The van der Waals surface area contributed by atoms with Gasteiger partial charge in [-0.3, -0.25) is 9.59 Å². The molecule has 2 amide bonds. The Kier molecular flexibility index (Phi) is 5.79. The minimum atomic E-state index is 0.0832. The lowest BCUT2D eigenvalue weighted by Crippen LogP contribution is -2.50. The van der Waals surface area contributed by atoms with E-state index in [0.717, 1.165) is 42.5 Å². The Balaban J connectivity index is 1.41. The van der Waals surface area contributed by atoms with Crippen LogP contribution in [0.1, 0.15) is 54.1 Å². The fourth-order valence-corrected chi connectivity index (χ4v) is 4.35. The molecule has 2 aromatic rings. The monoisotopic (exact) mass is 388 g/mol. The summed E-state index contributed by atoms with van der Waals surface area (Å²) in [5.74, 6) is 0.295. The standard InChI is InChI=1S/C25H28N2O2/c1-2-3-6-19-9-11-21(12-10-19)25(29)26-17-15-22(16-18-26)27-23-8-5-4-7-20(23)13-14-24(27)28/h3-12,22H,2,13-18H2,1H3. The highest BCUT2D eigenvalue weighted by atomic mass is 16.2. The third-order valence-electron chi connectivity index (χ3n) is 5.95. The van der Waals surface area contributed by atoms with Crippen molar-refractivity contribution in [1.29, 1.82) is 0 Å². The van der Waals surface area contributed by atoms with Crippen molar-refractivity contribution in [2.75, 3.05) is 18.0 Å². The maximum atomic E-state index is 12.9. The molecule has 0 aromatic heterocycles. The molecule has 1 saturated heterocycles. The van der Waals surface area contributed by atoms with E-state index in [1.807, 2.05) is 46.2 Å². The summed E-state index contributed by atoms with van der Waals surface area (Å²) in [6.45, 7) is 3.48. The van der Waals surface area contributed by atoms with E-state index in [9.17, 15) is 9.59 Å². The van der Waals surface area contributed by atoms with Gasteiger partial charge in [-0.25, -0.2) is 0 Å². The number of nitrogens with zero attached hydrogens (tertiary/aromatic N) is 2. The molecule has 0 N–H and O–H groups in total. The first-order valence-corrected chi connectivity index (χ1v) is 10.6. The summed E-state index contributed by atoms with van der Waals surface area (Å²) in [4.78, 5) is 29.5. The Hall–Kier alpha value is -2.88. The zero-order chi connectivity index (χ0) is 20.2. The van der Waals surface area contributed by atoms with Crippen LogP contribution in [0.2, 0.25) is 0 Å². The molecule has 2 aromatic carbocycles. The van der Waals surface area contributed by atoms with Gasteiger partial charge in [-0.2, -0.15) is 0 Å². The minimum Gasteiger partial charge on any atom is -0.338 e. The number of rotatable bonds is 4. The highest BCUT2D eigenvalue weighted by molar-refractivity contribution is 5.97. The normalized spacial score (nSPS) is 17.6. The van der Waals surface area contributed by atoms with Crippen molar-refractivity contribution in [1.82, 2.24) is 4.90 Å². The highest BCUT2D eigenvalue weighted by Crippen LogP contribution is 2.32. The summed E-state index contributed by atoms with van der Waals surface area (Å²) >= 11 is 0. The SMILES string of the molecule is CCC=Cc1ccc(C(=O)N2CCC(N3C(=O)CCc4ccccc43)CC2)cc1. The average Bonchev–Trinajstić information content (AvgIpc) is 2.78. The summed E-state index contributed by atoms with van der Waals surface area (Å²) in [6, 6.07) is 16.2. The molecule has 1 fully saturated rings. The second kappa shape index (κ2) is 8.64. The minimum absolute atomic E-state index is 0.0832. The topological polar surface area (TPSA) is 40.6 Å². The molecular formula is C25H28N2O2. The van der Waals surface area contributed by atoms with Gasteiger partial charge in [-0.15, -0.1) is 0 Å². The summed E-state index contributed by atoms with van der Waals surface area (Å²) < 4.78 is 0.